The van der Waals surface area contributed by atoms with Gasteiger partial charge in [-0.3, -0.25) is 0 Å². The molecule has 0 aliphatic carbocycles. The molecular formula is C23H27NO2S2. The van der Waals surface area contributed by atoms with E-state index in [4.69, 9.17) is 4.74 Å². The van der Waals surface area contributed by atoms with E-state index in [-0.39, 0.29) is 6.09 Å². The van der Waals surface area contributed by atoms with Crippen LogP contribution < -0.4 is 0 Å². The van der Waals surface area contributed by atoms with Gasteiger partial charge in [0.2, 0.25) is 0 Å². The van der Waals surface area contributed by atoms with E-state index in [1.807, 2.05) is 32.5 Å². The Balaban J connectivity index is 1.62. The van der Waals surface area contributed by atoms with Crippen molar-refractivity contribution in [2.45, 2.75) is 49.0 Å². The van der Waals surface area contributed by atoms with Crippen molar-refractivity contribution >= 4 is 39.3 Å². The lowest BCUT2D eigenvalue weighted by Gasteiger charge is -2.24. The number of carbonyl (C=O) groups excluding carboxylic acids is 1. The molecule has 0 aliphatic heterocycles. The number of benzene rings is 2. The van der Waals surface area contributed by atoms with Crippen molar-refractivity contribution in [2.24, 2.45) is 0 Å². The molecule has 0 aliphatic rings. The Morgan fingerprint density at radius 2 is 1.79 bits per heavy atom. The van der Waals surface area contributed by atoms with Gasteiger partial charge >= 0.3 is 6.09 Å². The molecule has 3 aromatic rings. The van der Waals surface area contributed by atoms with Crippen LogP contribution in [0.3, 0.4) is 0 Å². The van der Waals surface area contributed by atoms with Gasteiger partial charge < -0.3 is 9.64 Å². The van der Waals surface area contributed by atoms with Crippen LogP contribution in [-0.2, 0) is 11.2 Å². The number of hydrogen-bond donors (Lipinski definition) is 0. The van der Waals surface area contributed by atoms with E-state index in [1.54, 1.807) is 23.3 Å². The van der Waals surface area contributed by atoms with E-state index in [0.29, 0.717) is 6.54 Å². The minimum atomic E-state index is -0.460. The molecule has 148 valence electrons. The fourth-order valence-corrected chi connectivity index (χ4v) is 5.10. The van der Waals surface area contributed by atoms with E-state index in [1.165, 1.54) is 25.4 Å². The molecule has 0 spiro atoms. The molecule has 0 N–H and O–H groups in total. The number of nitrogens with zero attached hydrogens (tertiary/aromatic N) is 1. The lowest BCUT2D eigenvalue weighted by Crippen LogP contribution is -2.34. The van der Waals surface area contributed by atoms with E-state index >= 15 is 0 Å². The van der Waals surface area contributed by atoms with Crippen LogP contribution >= 0.6 is 23.1 Å². The summed E-state index contributed by atoms with van der Waals surface area (Å²) in [5.74, 6) is 0. The van der Waals surface area contributed by atoms with Gasteiger partial charge in [-0.2, -0.15) is 0 Å². The van der Waals surface area contributed by atoms with Crippen molar-refractivity contribution in [1.29, 1.82) is 0 Å². The predicted molar refractivity (Wildman–Crippen MR) is 120 cm³/mol. The van der Waals surface area contributed by atoms with Crippen LogP contribution in [0, 0.1) is 0 Å². The van der Waals surface area contributed by atoms with Gasteiger partial charge in [0.05, 0.1) is 0 Å². The van der Waals surface area contributed by atoms with Crippen molar-refractivity contribution in [3.05, 3.63) is 59.5 Å². The second-order valence-corrected chi connectivity index (χ2v) is 9.81. The van der Waals surface area contributed by atoms with Gasteiger partial charge in [-0.1, -0.05) is 48.2 Å². The SMILES string of the molecule is CN(CCCc1ccccc1Sc1csc2ccccc12)C(=O)OC(C)(C)C. The van der Waals surface area contributed by atoms with Crippen LogP contribution in [0.25, 0.3) is 10.1 Å². The van der Waals surface area contributed by atoms with Gasteiger partial charge in [0.1, 0.15) is 5.60 Å². The molecule has 0 saturated carbocycles. The van der Waals surface area contributed by atoms with Gasteiger partial charge in [-0.05, 0) is 51.3 Å². The molecular weight excluding hydrogens is 386 g/mol. The summed E-state index contributed by atoms with van der Waals surface area (Å²) in [6, 6.07) is 17.1. The van der Waals surface area contributed by atoms with Gasteiger partial charge in [0.15, 0.2) is 0 Å². The van der Waals surface area contributed by atoms with Crippen LogP contribution in [0.1, 0.15) is 32.8 Å². The van der Waals surface area contributed by atoms with E-state index in [0.717, 1.165) is 12.8 Å². The van der Waals surface area contributed by atoms with E-state index < -0.39 is 5.60 Å². The quantitative estimate of drug-likeness (QED) is 0.442. The standard InChI is InChI=1S/C23H27NO2S2/c1-23(2,3)26-22(25)24(4)15-9-11-17-10-5-7-13-19(17)28-21-16-27-20-14-8-6-12-18(20)21/h5-8,10,12-14,16H,9,11,15H2,1-4H3. The maximum atomic E-state index is 12.1. The Hall–Kier alpha value is -1.98. The summed E-state index contributed by atoms with van der Waals surface area (Å²) in [7, 11) is 1.80. The molecule has 0 atom stereocenters. The summed E-state index contributed by atoms with van der Waals surface area (Å²) >= 11 is 3.62. The smallest absolute Gasteiger partial charge is 0.410 e. The molecule has 0 bridgehead atoms. The van der Waals surface area contributed by atoms with E-state index in [9.17, 15) is 4.79 Å². The fourth-order valence-electron chi connectivity index (χ4n) is 2.90. The zero-order valence-corrected chi connectivity index (χ0v) is 18.5. The molecule has 3 rings (SSSR count). The lowest BCUT2D eigenvalue weighted by atomic mass is 10.1. The fraction of sp³-hybridized carbons (Fsp3) is 0.348. The van der Waals surface area contributed by atoms with Crippen molar-refractivity contribution in [1.82, 2.24) is 4.90 Å². The Bertz CT molecular complexity index is 943. The molecule has 0 saturated heterocycles. The highest BCUT2D eigenvalue weighted by atomic mass is 32.2. The van der Waals surface area contributed by atoms with Crippen LogP contribution in [0.15, 0.2) is 63.7 Å². The van der Waals surface area contributed by atoms with Crippen molar-refractivity contribution < 1.29 is 9.53 Å². The van der Waals surface area contributed by atoms with Gasteiger partial charge in [0, 0.05) is 38.8 Å². The second-order valence-electron chi connectivity index (χ2n) is 7.81. The van der Waals surface area contributed by atoms with Crippen LogP contribution in [-0.4, -0.2) is 30.2 Å². The zero-order chi connectivity index (χ0) is 20.1. The number of aryl methyl sites for hydroxylation is 1. The minimum Gasteiger partial charge on any atom is -0.444 e. The molecule has 1 amide bonds. The number of amides is 1. The van der Waals surface area contributed by atoms with Gasteiger partial charge in [-0.25, -0.2) is 4.79 Å². The molecule has 0 unspecified atom stereocenters. The van der Waals surface area contributed by atoms with Crippen molar-refractivity contribution in [3.63, 3.8) is 0 Å². The van der Waals surface area contributed by atoms with Crippen molar-refractivity contribution in [3.8, 4) is 0 Å². The third-order valence-electron chi connectivity index (χ3n) is 4.28. The normalized spacial score (nSPS) is 11.6. The summed E-state index contributed by atoms with van der Waals surface area (Å²) in [5.41, 5.74) is 0.859. The number of rotatable bonds is 6. The van der Waals surface area contributed by atoms with Gasteiger partial charge in [-0.15, -0.1) is 11.3 Å². The zero-order valence-electron chi connectivity index (χ0n) is 16.9. The second kappa shape index (κ2) is 9.01. The Morgan fingerprint density at radius 3 is 2.57 bits per heavy atom. The first kappa shape index (κ1) is 20.7. The summed E-state index contributed by atoms with van der Waals surface area (Å²) in [6.07, 6.45) is 1.57. The lowest BCUT2D eigenvalue weighted by molar-refractivity contribution is 0.0297. The highest BCUT2D eigenvalue weighted by Crippen LogP contribution is 2.38. The molecule has 3 nitrogen and oxygen atoms in total. The summed E-state index contributed by atoms with van der Waals surface area (Å²) in [4.78, 5) is 16.4. The van der Waals surface area contributed by atoms with Crippen LogP contribution in [0.5, 0.6) is 0 Å². The average Bonchev–Trinajstić information content (AvgIpc) is 3.05. The summed E-state index contributed by atoms with van der Waals surface area (Å²) in [5, 5.41) is 3.56. The molecule has 5 heteroatoms. The first-order chi connectivity index (χ1) is 13.3. The van der Waals surface area contributed by atoms with Gasteiger partial charge in [0.25, 0.3) is 0 Å². The first-order valence-corrected chi connectivity index (χ1v) is 11.2. The Kier molecular flexibility index (Phi) is 6.68. The van der Waals surface area contributed by atoms with Crippen molar-refractivity contribution in [2.75, 3.05) is 13.6 Å². The number of thiophene rings is 1. The summed E-state index contributed by atoms with van der Waals surface area (Å²) in [6.45, 7) is 6.34. The maximum absolute atomic E-state index is 12.1. The number of carbonyl (C=O) groups is 1. The number of hydrogen-bond acceptors (Lipinski definition) is 4. The highest BCUT2D eigenvalue weighted by Gasteiger charge is 2.19. The third-order valence-corrected chi connectivity index (χ3v) is 6.57. The molecule has 1 aromatic heterocycles. The van der Waals surface area contributed by atoms with Crippen LogP contribution in [0.2, 0.25) is 0 Å². The summed E-state index contributed by atoms with van der Waals surface area (Å²) < 4.78 is 6.74. The maximum Gasteiger partial charge on any atom is 0.410 e. The van der Waals surface area contributed by atoms with E-state index in [2.05, 4.69) is 53.9 Å². The average molecular weight is 414 g/mol. The molecule has 2 aromatic carbocycles. The highest BCUT2D eigenvalue weighted by molar-refractivity contribution is 7.99. The third kappa shape index (κ3) is 5.52. The largest absolute Gasteiger partial charge is 0.444 e. The molecule has 1 heterocycles. The molecule has 28 heavy (non-hydrogen) atoms. The number of fused-ring (bicyclic) bond motifs is 1. The first-order valence-electron chi connectivity index (χ1n) is 9.49. The topological polar surface area (TPSA) is 29.5 Å². The Morgan fingerprint density at radius 1 is 1.07 bits per heavy atom. The molecule has 0 radical (unpaired) electrons. The van der Waals surface area contributed by atoms with Crippen LogP contribution in [0.4, 0.5) is 4.79 Å². The predicted octanol–water partition coefficient (Wildman–Crippen LogP) is 6.85. The number of ether oxygens (including phenoxy) is 1. The minimum absolute atomic E-state index is 0.264. The molecule has 0 fully saturated rings. The monoisotopic (exact) mass is 413 g/mol. The Labute approximate surface area is 175 Å².